The molecule has 0 aliphatic heterocycles. The summed E-state index contributed by atoms with van der Waals surface area (Å²) in [4.78, 5) is 4.36. The van der Waals surface area contributed by atoms with E-state index in [1.165, 1.54) is 0 Å². The van der Waals surface area contributed by atoms with Gasteiger partial charge in [0.15, 0.2) is 5.52 Å². The summed E-state index contributed by atoms with van der Waals surface area (Å²) in [5.74, 6) is 0.584. The molecule has 0 aromatic carbocycles. The van der Waals surface area contributed by atoms with Crippen LogP contribution in [0.1, 0.15) is 5.69 Å². The first-order chi connectivity index (χ1) is 6.22. The van der Waals surface area contributed by atoms with Crippen molar-refractivity contribution in [3.05, 3.63) is 17.8 Å². The fraction of sp³-hybridized carbons (Fsp3) is 0.333. The van der Waals surface area contributed by atoms with E-state index in [2.05, 4.69) is 10.1 Å². The highest BCUT2D eigenvalue weighted by molar-refractivity contribution is 5.80. The van der Waals surface area contributed by atoms with Crippen LogP contribution in [0.15, 0.2) is 12.1 Å². The number of methoxy groups -OCH3 is 1. The van der Waals surface area contributed by atoms with E-state index in [0.717, 1.165) is 16.7 Å². The molecule has 13 heavy (non-hydrogen) atoms. The van der Waals surface area contributed by atoms with Crippen molar-refractivity contribution in [2.75, 3.05) is 7.11 Å². The third-order valence-electron chi connectivity index (χ3n) is 2.00. The van der Waals surface area contributed by atoms with Crippen LogP contribution in [0, 0.1) is 6.92 Å². The van der Waals surface area contributed by atoms with Gasteiger partial charge in [-0.05, 0) is 19.1 Å². The first kappa shape index (κ1) is 8.04. The van der Waals surface area contributed by atoms with Gasteiger partial charge in [-0.1, -0.05) is 0 Å². The third kappa shape index (κ3) is 1.14. The van der Waals surface area contributed by atoms with Gasteiger partial charge in [-0.15, -0.1) is 5.10 Å². The van der Waals surface area contributed by atoms with E-state index in [4.69, 9.17) is 4.74 Å². The summed E-state index contributed by atoms with van der Waals surface area (Å²) in [6.45, 7) is 1.95. The second kappa shape index (κ2) is 2.73. The van der Waals surface area contributed by atoms with Gasteiger partial charge in [0.1, 0.15) is 0 Å². The molecule has 0 aliphatic carbocycles. The van der Waals surface area contributed by atoms with E-state index >= 15 is 0 Å². The Morgan fingerprint density at radius 1 is 1.38 bits per heavy atom. The number of ether oxygens (including phenoxy) is 1. The molecular weight excluding hydrogens is 166 g/mol. The zero-order valence-corrected chi connectivity index (χ0v) is 7.90. The largest absolute Gasteiger partial charge is 0.478 e. The van der Waals surface area contributed by atoms with Gasteiger partial charge in [0.2, 0.25) is 0 Å². The highest BCUT2D eigenvalue weighted by Gasteiger charge is 2.09. The maximum absolute atomic E-state index is 5.11. The van der Waals surface area contributed by atoms with Gasteiger partial charge in [0, 0.05) is 12.7 Å². The molecule has 2 aromatic rings. The molecule has 0 bridgehead atoms. The van der Waals surface area contributed by atoms with Crippen molar-refractivity contribution in [3.8, 4) is 5.88 Å². The summed E-state index contributed by atoms with van der Waals surface area (Å²) < 4.78 is 6.87. The van der Waals surface area contributed by atoms with E-state index in [9.17, 15) is 0 Å². The third-order valence-corrected chi connectivity index (χ3v) is 2.00. The number of aromatic nitrogens is 3. The minimum absolute atomic E-state index is 0.584. The summed E-state index contributed by atoms with van der Waals surface area (Å²) >= 11 is 0. The summed E-state index contributed by atoms with van der Waals surface area (Å²) in [5.41, 5.74) is 2.78. The average molecular weight is 177 g/mol. The van der Waals surface area contributed by atoms with Gasteiger partial charge in [0.05, 0.1) is 12.6 Å². The number of pyridine rings is 1. The molecule has 0 unspecified atom stereocenters. The Morgan fingerprint density at radius 3 is 2.85 bits per heavy atom. The van der Waals surface area contributed by atoms with Gasteiger partial charge in [-0.25, -0.2) is 4.98 Å². The van der Waals surface area contributed by atoms with Crippen molar-refractivity contribution < 1.29 is 4.74 Å². The van der Waals surface area contributed by atoms with Crippen LogP contribution in [-0.2, 0) is 7.05 Å². The standard InChI is InChI=1S/C9H11N3O/c1-6-4-5-7-8(10-6)9(13-3)11-12(7)2/h4-5H,1-3H3. The minimum atomic E-state index is 0.584. The lowest BCUT2D eigenvalue weighted by Crippen LogP contribution is -1.90. The molecule has 0 saturated carbocycles. The van der Waals surface area contributed by atoms with Crippen LogP contribution in [0.5, 0.6) is 5.88 Å². The smallest absolute Gasteiger partial charge is 0.259 e. The van der Waals surface area contributed by atoms with E-state index in [-0.39, 0.29) is 0 Å². The molecule has 0 spiro atoms. The molecule has 4 heteroatoms. The van der Waals surface area contributed by atoms with E-state index in [1.54, 1.807) is 11.8 Å². The number of hydrogen-bond donors (Lipinski definition) is 0. The van der Waals surface area contributed by atoms with Crippen LogP contribution in [0.25, 0.3) is 11.0 Å². The number of nitrogens with zero attached hydrogens (tertiary/aromatic N) is 3. The summed E-state index contributed by atoms with van der Waals surface area (Å²) in [5, 5.41) is 4.18. The lowest BCUT2D eigenvalue weighted by molar-refractivity contribution is 0.395. The quantitative estimate of drug-likeness (QED) is 0.658. The Morgan fingerprint density at radius 2 is 2.15 bits per heavy atom. The second-order valence-corrected chi connectivity index (χ2v) is 2.95. The molecule has 0 atom stereocenters. The van der Waals surface area contributed by atoms with Crippen LogP contribution < -0.4 is 4.74 Å². The molecular formula is C9H11N3O. The highest BCUT2D eigenvalue weighted by Crippen LogP contribution is 2.21. The number of hydrogen-bond acceptors (Lipinski definition) is 3. The molecule has 0 saturated heterocycles. The molecule has 0 N–H and O–H groups in total. The average Bonchev–Trinajstić information content (AvgIpc) is 2.42. The maximum Gasteiger partial charge on any atom is 0.259 e. The van der Waals surface area contributed by atoms with Crippen LogP contribution >= 0.6 is 0 Å². The topological polar surface area (TPSA) is 39.9 Å². The highest BCUT2D eigenvalue weighted by atomic mass is 16.5. The molecule has 0 amide bonds. The van der Waals surface area contributed by atoms with Crippen molar-refractivity contribution in [1.29, 1.82) is 0 Å². The predicted octanol–water partition coefficient (Wildman–Crippen LogP) is 1.29. The molecule has 0 aliphatic rings. The second-order valence-electron chi connectivity index (χ2n) is 2.95. The SMILES string of the molecule is COc1nn(C)c2ccc(C)nc12. The molecule has 2 heterocycles. The minimum Gasteiger partial charge on any atom is -0.478 e. The Kier molecular flexibility index (Phi) is 1.69. The van der Waals surface area contributed by atoms with Crippen molar-refractivity contribution in [3.63, 3.8) is 0 Å². The Labute approximate surface area is 76.1 Å². The monoisotopic (exact) mass is 177 g/mol. The maximum atomic E-state index is 5.11. The molecule has 2 aromatic heterocycles. The van der Waals surface area contributed by atoms with Crippen molar-refractivity contribution in [2.24, 2.45) is 7.05 Å². The zero-order chi connectivity index (χ0) is 9.42. The lowest BCUT2D eigenvalue weighted by Gasteiger charge is -1.94. The van der Waals surface area contributed by atoms with Gasteiger partial charge < -0.3 is 4.74 Å². The zero-order valence-electron chi connectivity index (χ0n) is 7.90. The van der Waals surface area contributed by atoms with Crippen molar-refractivity contribution >= 4 is 11.0 Å². The molecule has 2 rings (SSSR count). The fourth-order valence-corrected chi connectivity index (χ4v) is 1.34. The Bertz CT molecular complexity index is 447. The van der Waals surface area contributed by atoms with Crippen LogP contribution in [-0.4, -0.2) is 21.9 Å². The number of fused-ring (bicyclic) bond motifs is 1. The molecule has 68 valence electrons. The first-order valence-corrected chi connectivity index (χ1v) is 4.06. The van der Waals surface area contributed by atoms with Crippen LogP contribution in [0.4, 0.5) is 0 Å². The summed E-state index contributed by atoms with van der Waals surface area (Å²) in [6.07, 6.45) is 0. The Hall–Kier alpha value is -1.58. The van der Waals surface area contributed by atoms with Crippen molar-refractivity contribution in [2.45, 2.75) is 6.92 Å². The van der Waals surface area contributed by atoms with Gasteiger partial charge in [0.25, 0.3) is 5.88 Å². The van der Waals surface area contributed by atoms with Crippen LogP contribution in [0.3, 0.4) is 0 Å². The molecule has 0 fully saturated rings. The van der Waals surface area contributed by atoms with E-state index < -0.39 is 0 Å². The van der Waals surface area contributed by atoms with Crippen LogP contribution in [0.2, 0.25) is 0 Å². The van der Waals surface area contributed by atoms with Gasteiger partial charge in [-0.3, -0.25) is 4.68 Å². The Balaban J connectivity index is 2.81. The van der Waals surface area contributed by atoms with E-state index in [1.807, 2.05) is 26.1 Å². The van der Waals surface area contributed by atoms with Gasteiger partial charge >= 0.3 is 0 Å². The molecule has 4 nitrogen and oxygen atoms in total. The summed E-state index contributed by atoms with van der Waals surface area (Å²) in [6, 6.07) is 3.96. The van der Waals surface area contributed by atoms with Gasteiger partial charge in [-0.2, -0.15) is 0 Å². The first-order valence-electron chi connectivity index (χ1n) is 4.06. The van der Waals surface area contributed by atoms with Crippen molar-refractivity contribution in [1.82, 2.24) is 14.8 Å². The number of rotatable bonds is 1. The fourth-order valence-electron chi connectivity index (χ4n) is 1.34. The summed E-state index contributed by atoms with van der Waals surface area (Å²) in [7, 11) is 3.48. The normalized spacial score (nSPS) is 10.7. The predicted molar refractivity (Wildman–Crippen MR) is 49.8 cm³/mol. The molecule has 0 radical (unpaired) electrons. The van der Waals surface area contributed by atoms with E-state index in [0.29, 0.717) is 5.88 Å². The lowest BCUT2D eigenvalue weighted by atomic mass is 10.3. The number of aryl methyl sites for hydroxylation is 2.